The molecule has 138 valence electrons. The van der Waals surface area contributed by atoms with E-state index in [0.717, 1.165) is 19.3 Å². The number of benzene rings is 1. The number of oxazole rings is 1. The Morgan fingerprint density at radius 1 is 1.38 bits per heavy atom. The molecule has 0 saturated carbocycles. The van der Waals surface area contributed by atoms with Gasteiger partial charge in [0.05, 0.1) is 12.7 Å². The average Bonchev–Trinajstić information content (AvgIpc) is 3.12. The van der Waals surface area contributed by atoms with Crippen LogP contribution >= 0.6 is 0 Å². The van der Waals surface area contributed by atoms with Gasteiger partial charge < -0.3 is 19.8 Å². The van der Waals surface area contributed by atoms with Crippen LogP contribution < -0.4 is 10.6 Å². The number of aryl methyl sites for hydroxylation is 2. The molecule has 2 aromatic rings. The van der Waals surface area contributed by atoms with Crippen LogP contribution in [-0.4, -0.2) is 36.2 Å². The highest BCUT2D eigenvalue weighted by atomic mass is 16.5. The number of carbonyl (C=O) groups is 2. The molecule has 7 nitrogen and oxygen atoms in total. The van der Waals surface area contributed by atoms with E-state index >= 15 is 0 Å². The lowest BCUT2D eigenvalue weighted by molar-refractivity contribution is -0.143. The Balaban J connectivity index is 1.34. The van der Waals surface area contributed by atoms with Crippen molar-refractivity contribution < 1.29 is 18.7 Å². The molecule has 1 atom stereocenters. The van der Waals surface area contributed by atoms with Gasteiger partial charge in [0, 0.05) is 6.04 Å². The standard InChI is InChI=1S/C19H23N3O4/c1-13-3-2-4-14-5-6-15(11-16(13)14)22-19(24)21-8-10-26-18(23)12-17-20-7-9-25-17/h2-4,7,9,15H,5-6,8,10-12H2,1H3,(H2,21,22,24). The lowest BCUT2D eigenvalue weighted by atomic mass is 9.86. The number of nitrogens with zero attached hydrogens (tertiary/aromatic N) is 1. The summed E-state index contributed by atoms with van der Waals surface area (Å²) in [5.74, 6) is -0.123. The van der Waals surface area contributed by atoms with Gasteiger partial charge in [-0.05, 0) is 42.9 Å². The van der Waals surface area contributed by atoms with Crippen molar-refractivity contribution in [3.63, 3.8) is 0 Å². The van der Waals surface area contributed by atoms with Crippen LogP contribution in [0.3, 0.4) is 0 Å². The average molecular weight is 357 g/mol. The minimum absolute atomic E-state index is 0.0139. The largest absolute Gasteiger partial charge is 0.463 e. The van der Waals surface area contributed by atoms with Crippen LogP contribution in [0.4, 0.5) is 4.79 Å². The smallest absolute Gasteiger partial charge is 0.315 e. The van der Waals surface area contributed by atoms with Crippen molar-refractivity contribution in [1.82, 2.24) is 15.6 Å². The summed E-state index contributed by atoms with van der Waals surface area (Å²) in [5.41, 5.74) is 3.98. The number of urea groups is 1. The molecule has 0 aliphatic heterocycles. The van der Waals surface area contributed by atoms with Crippen LogP contribution in [0, 0.1) is 6.92 Å². The fourth-order valence-electron chi connectivity index (χ4n) is 3.17. The van der Waals surface area contributed by atoms with E-state index in [2.05, 4.69) is 40.7 Å². The molecule has 1 aliphatic rings. The first-order chi connectivity index (χ1) is 12.6. The second-order valence-corrected chi connectivity index (χ2v) is 6.38. The highest BCUT2D eigenvalue weighted by Gasteiger charge is 2.21. The molecule has 1 aromatic carbocycles. The molecule has 1 aromatic heterocycles. The third-order valence-electron chi connectivity index (χ3n) is 4.48. The lowest BCUT2D eigenvalue weighted by Crippen LogP contribution is -2.45. The van der Waals surface area contributed by atoms with Gasteiger partial charge in [-0.1, -0.05) is 18.2 Å². The van der Waals surface area contributed by atoms with E-state index in [1.807, 2.05) is 0 Å². The lowest BCUT2D eigenvalue weighted by Gasteiger charge is -2.26. The van der Waals surface area contributed by atoms with Crippen LogP contribution in [0.25, 0.3) is 0 Å². The predicted octanol–water partition coefficient (Wildman–Crippen LogP) is 1.93. The van der Waals surface area contributed by atoms with E-state index in [0.29, 0.717) is 5.89 Å². The van der Waals surface area contributed by atoms with Crippen LogP contribution in [-0.2, 0) is 28.8 Å². The van der Waals surface area contributed by atoms with E-state index in [1.54, 1.807) is 0 Å². The molecule has 0 spiro atoms. The summed E-state index contributed by atoms with van der Waals surface area (Å²) in [6, 6.07) is 6.23. The highest BCUT2D eigenvalue weighted by Crippen LogP contribution is 2.24. The third-order valence-corrected chi connectivity index (χ3v) is 4.48. The molecule has 0 fully saturated rings. The zero-order chi connectivity index (χ0) is 18.4. The van der Waals surface area contributed by atoms with Crippen molar-refractivity contribution in [2.75, 3.05) is 13.2 Å². The van der Waals surface area contributed by atoms with Crippen molar-refractivity contribution in [3.05, 3.63) is 53.2 Å². The molecule has 0 radical (unpaired) electrons. The Bertz CT molecular complexity index is 758. The fourth-order valence-corrected chi connectivity index (χ4v) is 3.17. The van der Waals surface area contributed by atoms with Gasteiger partial charge in [-0.3, -0.25) is 4.79 Å². The first-order valence-electron chi connectivity index (χ1n) is 8.77. The zero-order valence-electron chi connectivity index (χ0n) is 14.8. The van der Waals surface area contributed by atoms with Crippen molar-refractivity contribution in [1.29, 1.82) is 0 Å². The maximum Gasteiger partial charge on any atom is 0.315 e. The number of carbonyl (C=O) groups excluding carboxylic acids is 2. The number of hydrogen-bond acceptors (Lipinski definition) is 5. The van der Waals surface area contributed by atoms with Gasteiger partial charge >= 0.3 is 12.0 Å². The van der Waals surface area contributed by atoms with Crippen molar-refractivity contribution >= 4 is 12.0 Å². The molecule has 2 amide bonds. The number of nitrogens with one attached hydrogen (secondary N) is 2. The summed E-state index contributed by atoms with van der Waals surface area (Å²) in [4.78, 5) is 27.4. The van der Waals surface area contributed by atoms with Gasteiger partial charge in [0.1, 0.15) is 19.3 Å². The first-order valence-corrected chi connectivity index (χ1v) is 8.77. The van der Waals surface area contributed by atoms with Gasteiger partial charge in [0.25, 0.3) is 0 Å². The molecule has 0 bridgehead atoms. The number of ether oxygens (including phenoxy) is 1. The molecule has 3 rings (SSSR count). The second kappa shape index (κ2) is 8.51. The normalized spacial score (nSPS) is 15.8. The van der Waals surface area contributed by atoms with Crippen molar-refractivity contribution in [2.24, 2.45) is 0 Å². The highest BCUT2D eigenvalue weighted by molar-refractivity contribution is 5.74. The Labute approximate surface area is 152 Å². The zero-order valence-corrected chi connectivity index (χ0v) is 14.8. The van der Waals surface area contributed by atoms with E-state index < -0.39 is 5.97 Å². The second-order valence-electron chi connectivity index (χ2n) is 6.38. The monoisotopic (exact) mass is 357 g/mol. The molecule has 26 heavy (non-hydrogen) atoms. The summed E-state index contributed by atoms with van der Waals surface area (Å²) in [6.45, 7) is 2.47. The SMILES string of the molecule is Cc1cccc2c1CC(NC(=O)NCCOC(=O)Cc1ncco1)CC2. The van der Waals surface area contributed by atoms with E-state index in [1.165, 1.54) is 29.2 Å². The molecule has 1 unspecified atom stereocenters. The minimum atomic E-state index is -0.436. The predicted molar refractivity (Wildman–Crippen MR) is 94.7 cm³/mol. The third kappa shape index (κ3) is 4.84. The van der Waals surface area contributed by atoms with Crippen molar-refractivity contribution in [2.45, 2.75) is 38.6 Å². The Kier molecular flexibility index (Phi) is 5.88. The van der Waals surface area contributed by atoms with Gasteiger partial charge in [0.2, 0.25) is 5.89 Å². The quantitative estimate of drug-likeness (QED) is 0.609. The molecular formula is C19H23N3O4. The minimum Gasteiger partial charge on any atom is -0.463 e. The Hall–Kier alpha value is -2.83. The van der Waals surface area contributed by atoms with E-state index in [-0.39, 0.29) is 31.6 Å². The first kappa shape index (κ1) is 18.0. The molecule has 1 aliphatic carbocycles. The Morgan fingerprint density at radius 2 is 2.27 bits per heavy atom. The number of aromatic nitrogens is 1. The van der Waals surface area contributed by atoms with Crippen molar-refractivity contribution in [3.8, 4) is 0 Å². The van der Waals surface area contributed by atoms with E-state index in [4.69, 9.17) is 9.15 Å². The van der Waals surface area contributed by atoms with Gasteiger partial charge in [-0.25, -0.2) is 9.78 Å². The Morgan fingerprint density at radius 3 is 3.08 bits per heavy atom. The van der Waals surface area contributed by atoms with E-state index in [9.17, 15) is 9.59 Å². The van der Waals surface area contributed by atoms with Gasteiger partial charge in [-0.15, -0.1) is 0 Å². The number of hydrogen-bond donors (Lipinski definition) is 2. The molecular weight excluding hydrogens is 334 g/mol. The fraction of sp³-hybridized carbons (Fsp3) is 0.421. The molecule has 0 saturated heterocycles. The van der Waals surface area contributed by atoms with Gasteiger partial charge in [0.15, 0.2) is 0 Å². The summed E-state index contributed by atoms with van der Waals surface area (Å²) < 4.78 is 10.0. The number of fused-ring (bicyclic) bond motifs is 1. The number of amides is 2. The summed E-state index contributed by atoms with van der Waals surface area (Å²) in [7, 11) is 0. The summed E-state index contributed by atoms with van der Waals surface area (Å²) in [5, 5.41) is 5.71. The van der Waals surface area contributed by atoms with Crippen LogP contribution in [0.5, 0.6) is 0 Å². The number of esters is 1. The maximum absolute atomic E-state index is 12.0. The number of rotatable bonds is 6. The molecule has 7 heteroatoms. The van der Waals surface area contributed by atoms with Crippen LogP contribution in [0.15, 0.2) is 35.1 Å². The topological polar surface area (TPSA) is 93.5 Å². The summed E-state index contributed by atoms with van der Waals surface area (Å²) in [6.07, 6.45) is 5.61. The summed E-state index contributed by atoms with van der Waals surface area (Å²) >= 11 is 0. The molecule has 1 heterocycles. The van der Waals surface area contributed by atoms with Crippen LogP contribution in [0.1, 0.15) is 29.0 Å². The molecule has 2 N–H and O–H groups in total. The van der Waals surface area contributed by atoms with Gasteiger partial charge in [-0.2, -0.15) is 0 Å². The maximum atomic E-state index is 12.0. The van der Waals surface area contributed by atoms with Crippen LogP contribution in [0.2, 0.25) is 0 Å².